The summed E-state index contributed by atoms with van der Waals surface area (Å²) in [6.07, 6.45) is 2.73. The van der Waals surface area contributed by atoms with Crippen LogP contribution in [-0.4, -0.2) is 57.2 Å². The standard InChI is InChI=1S/C18H17FN4O5/c19-12-3-9-15(25)11(18(26)27)5-23(8-1-2-8)16(9)20-17(12)22-4-10-13(7-24)21-28-14(10)6-22/h3,5,8,10,14,24H,1-2,4,6-7H2,(H,26,27). The summed E-state index contributed by atoms with van der Waals surface area (Å²) in [5.74, 6) is -2.09. The first kappa shape index (κ1) is 17.1. The summed E-state index contributed by atoms with van der Waals surface area (Å²) in [6.45, 7) is 0.524. The first-order chi connectivity index (χ1) is 13.5. The third-order valence-electron chi connectivity index (χ3n) is 5.57. The van der Waals surface area contributed by atoms with Gasteiger partial charge in [-0.25, -0.2) is 14.2 Å². The topological polar surface area (TPSA) is 117 Å². The van der Waals surface area contributed by atoms with Gasteiger partial charge in [-0.1, -0.05) is 5.16 Å². The van der Waals surface area contributed by atoms with E-state index in [9.17, 15) is 24.2 Å². The number of hydrogen-bond acceptors (Lipinski definition) is 7. The van der Waals surface area contributed by atoms with Crippen LogP contribution in [0.3, 0.4) is 0 Å². The summed E-state index contributed by atoms with van der Waals surface area (Å²) in [5, 5.41) is 22.5. The second-order valence-corrected chi connectivity index (χ2v) is 7.38. The molecule has 146 valence electrons. The van der Waals surface area contributed by atoms with E-state index in [1.54, 1.807) is 9.47 Å². The van der Waals surface area contributed by atoms with Crippen molar-refractivity contribution in [1.29, 1.82) is 0 Å². The van der Waals surface area contributed by atoms with E-state index < -0.39 is 17.2 Å². The molecule has 3 aliphatic rings. The highest BCUT2D eigenvalue weighted by molar-refractivity contribution is 5.92. The summed E-state index contributed by atoms with van der Waals surface area (Å²) in [5.41, 5.74) is -0.326. The molecule has 2 atom stereocenters. The van der Waals surface area contributed by atoms with Crippen LogP contribution >= 0.6 is 0 Å². The number of aromatic nitrogens is 2. The van der Waals surface area contributed by atoms with Gasteiger partial charge in [0.15, 0.2) is 17.7 Å². The van der Waals surface area contributed by atoms with Crippen LogP contribution in [0.5, 0.6) is 0 Å². The van der Waals surface area contributed by atoms with Gasteiger partial charge in [0.1, 0.15) is 11.2 Å². The molecule has 1 aliphatic carbocycles. The van der Waals surface area contributed by atoms with Gasteiger partial charge in [0.25, 0.3) is 0 Å². The number of hydrogen-bond donors (Lipinski definition) is 2. The number of aromatic carboxylic acids is 1. The van der Waals surface area contributed by atoms with Crippen LogP contribution < -0.4 is 10.3 Å². The summed E-state index contributed by atoms with van der Waals surface area (Å²) < 4.78 is 16.5. The summed E-state index contributed by atoms with van der Waals surface area (Å²) in [4.78, 5) is 35.4. The molecular weight excluding hydrogens is 371 g/mol. The second-order valence-electron chi connectivity index (χ2n) is 7.38. The van der Waals surface area contributed by atoms with Crippen LogP contribution in [0.15, 0.2) is 22.2 Å². The van der Waals surface area contributed by atoms with Crippen molar-refractivity contribution in [3.8, 4) is 0 Å². The molecule has 1 saturated heterocycles. The van der Waals surface area contributed by atoms with E-state index in [-0.39, 0.29) is 47.1 Å². The zero-order chi connectivity index (χ0) is 19.6. The lowest BCUT2D eigenvalue weighted by Crippen LogP contribution is -2.26. The van der Waals surface area contributed by atoms with Gasteiger partial charge in [-0.2, -0.15) is 0 Å². The quantitative estimate of drug-likeness (QED) is 0.794. The van der Waals surface area contributed by atoms with Crippen molar-refractivity contribution in [2.24, 2.45) is 11.1 Å². The first-order valence-electron chi connectivity index (χ1n) is 9.05. The normalized spacial score (nSPS) is 23.6. The lowest BCUT2D eigenvalue weighted by atomic mass is 10.0. The Morgan fingerprint density at radius 1 is 1.36 bits per heavy atom. The molecule has 0 spiro atoms. The summed E-state index contributed by atoms with van der Waals surface area (Å²) in [6, 6.07) is 1.13. The molecule has 9 nitrogen and oxygen atoms in total. The highest BCUT2D eigenvalue weighted by Gasteiger charge is 2.43. The molecule has 2 aromatic rings. The number of aliphatic hydroxyl groups is 1. The Bertz CT molecular complexity index is 1090. The fourth-order valence-electron chi connectivity index (χ4n) is 3.97. The van der Waals surface area contributed by atoms with Crippen molar-refractivity contribution in [2.75, 3.05) is 24.6 Å². The van der Waals surface area contributed by atoms with E-state index in [1.807, 2.05) is 0 Å². The number of fused-ring (bicyclic) bond motifs is 2. The molecule has 2 aliphatic heterocycles. The van der Waals surface area contributed by atoms with Gasteiger partial charge in [0, 0.05) is 18.8 Å². The molecule has 2 unspecified atom stereocenters. The first-order valence-corrected chi connectivity index (χ1v) is 9.05. The number of halogens is 1. The van der Waals surface area contributed by atoms with Gasteiger partial charge in [0.05, 0.1) is 30.2 Å². The van der Waals surface area contributed by atoms with E-state index in [0.29, 0.717) is 18.8 Å². The lowest BCUT2D eigenvalue weighted by molar-refractivity contribution is 0.0694. The number of carbonyl (C=O) groups is 1. The molecule has 2 N–H and O–H groups in total. The minimum absolute atomic E-state index is 0.0405. The molecule has 4 heterocycles. The highest BCUT2D eigenvalue weighted by Crippen LogP contribution is 2.38. The predicted octanol–water partition coefficient (Wildman–Crippen LogP) is 0.752. The Kier molecular flexibility index (Phi) is 3.66. The van der Waals surface area contributed by atoms with Gasteiger partial charge in [-0.15, -0.1) is 0 Å². The lowest BCUT2D eigenvalue weighted by Gasteiger charge is -2.20. The molecule has 5 rings (SSSR count). The molecule has 10 heteroatoms. The fourth-order valence-corrected chi connectivity index (χ4v) is 3.97. The average molecular weight is 388 g/mol. The second kappa shape index (κ2) is 5.99. The van der Waals surface area contributed by atoms with E-state index in [0.717, 1.165) is 18.9 Å². The van der Waals surface area contributed by atoms with Crippen molar-refractivity contribution in [1.82, 2.24) is 9.55 Å². The third kappa shape index (κ3) is 2.48. The van der Waals surface area contributed by atoms with Crippen LogP contribution in [0, 0.1) is 11.7 Å². The molecule has 0 bridgehead atoms. The van der Waals surface area contributed by atoms with Crippen LogP contribution in [0.4, 0.5) is 10.2 Å². The van der Waals surface area contributed by atoms with Crippen molar-refractivity contribution >= 4 is 28.5 Å². The van der Waals surface area contributed by atoms with E-state index in [1.165, 1.54) is 6.20 Å². The van der Waals surface area contributed by atoms with Gasteiger partial charge < -0.3 is 24.5 Å². The molecule has 2 fully saturated rings. The Labute approximate surface area is 157 Å². The largest absolute Gasteiger partial charge is 0.477 e. The maximum atomic E-state index is 14.9. The van der Waals surface area contributed by atoms with Gasteiger partial charge >= 0.3 is 5.97 Å². The number of nitrogens with zero attached hydrogens (tertiary/aromatic N) is 4. The molecule has 28 heavy (non-hydrogen) atoms. The van der Waals surface area contributed by atoms with Crippen LogP contribution in [0.2, 0.25) is 0 Å². The van der Waals surface area contributed by atoms with Crippen LogP contribution in [0.25, 0.3) is 11.0 Å². The Hall–Kier alpha value is -3.01. The number of carboxylic acid groups (broad SMARTS) is 1. The minimum Gasteiger partial charge on any atom is -0.477 e. The van der Waals surface area contributed by atoms with Crippen LogP contribution in [0.1, 0.15) is 29.2 Å². The average Bonchev–Trinajstić information content (AvgIpc) is 3.30. The minimum atomic E-state index is -1.34. The number of pyridine rings is 2. The number of carboxylic acids is 1. The van der Waals surface area contributed by atoms with Crippen molar-refractivity contribution in [3.63, 3.8) is 0 Å². The van der Waals surface area contributed by atoms with Gasteiger partial charge in [-0.05, 0) is 18.9 Å². The zero-order valence-corrected chi connectivity index (χ0v) is 14.7. The van der Waals surface area contributed by atoms with E-state index >= 15 is 0 Å². The molecule has 1 saturated carbocycles. The number of anilines is 1. The summed E-state index contributed by atoms with van der Waals surface area (Å²) >= 11 is 0. The van der Waals surface area contributed by atoms with Crippen molar-refractivity contribution < 1.29 is 24.2 Å². The molecule has 0 aromatic carbocycles. The molecule has 2 aromatic heterocycles. The third-order valence-corrected chi connectivity index (χ3v) is 5.57. The zero-order valence-electron chi connectivity index (χ0n) is 14.7. The Balaban J connectivity index is 1.62. The Morgan fingerprint density at radius 3 is 2.82 bits per heavy atom. The maximum Gasteiger partial charge on any atom is 0.341 e. The monoisotopic (exact) mass is 388 g/mol. The molecule has 0 radical (unpaired) electrons. The van der Waals surface area contributed by atoms with Crippen molar-refractivity contribution in [2.45, 2.75) is 25.0 Å². The Morgan fingerprint density at radius 2 is 2.14 bits per heavy atom. The number of oxime groups is 1. The van der Waals surface area contributed by atoms with E-state index in [4.69, 9.17) is 4.84 Å². The smallest absolute Gasteiger partial charge is 0.341 e. The predicted molar refractivity (Wildman–Crippen MR) is 96.3 cm³/mol. The van der Waals surface area contributed by atoms with E-state index in [2.05, 4.69) is 10.1 Å². The number of aliphatic hydroxyl groups excluding tert-OH is 1. The highest BCUT2D eigenvalue weighted by atomic mass is 19.1. The maximum absolute atomic E-state index is 14.9. The number of rotatable bonds is 4. The van der Waals surface area contributed by atoms with Crippen LogP contribution in [-0.2, 0) is 4.84 Å². The SMILES string of the molecule is O=C(O)c1cn(C2CC2)c2nc(N3CC4ON=C(CO)C4C3)c(F)cc2c1=O. The summed E-state index contributed by atoms with van der Waals surface area (Å²) in [7, 11) is 0. The molecular formula is C18H17FN4O5. The van der Waals surface area contributed by atoms with Gasteiger partial charge in [-0.3, -0.25) is 4.79 Å². The van der Waals surface area contributed by atoms with Gasteiger partial charge in [0.2, 0.25) is 5.43 Å². The fraction of sp³-hybridized carbons (Fsp3) is 0.444. The van der Waals surface area contributed by atoms with Crippen molar-refractivity contribution in [3.05, 3.63) is 33.9 Å². The molecule has 0 amide bonds.